The summed E-state index contributed by atoms with van der Waals surface area (Å²) in [6, 6.07) is 0. The second kappa shape index (κ2) is 7.56. The molecule has 0 aromatic rings. The lowest BCUT2D eigenvalue weighted by Gasteiger charge is -2.13. The van der Waals surface area contributed by atoms with E-state index in [1.165, 1.54) is 0 Å². The summed E-state index contributed by atoms with van der Waals surface area (Å²) < 4.78 is 10.4. The Morgan fingerprint density at radius 1 is 1.50 bits per heavy atom. The number of carbonyl (C=O) groups is 1. The molecule has 0 aromatic carbocycles. The molecule has 82 valence electrons. The summed E-state index contributed by atoms with van der Waals surface area (Å²) in [5.41, 5.74) is 0.632. The summed E-state index contributed by atoms with van der Waals surface area (Å²) >= 11 is 0. The molecule has 1 unspecified atom stereocenters. The normalized spacial score (nSPS) is 13.9. The van der Waals surface area contributed by atoms with Gasteiger partial charge in [0.1, 0.15) is 6.10 Å². The highest BCUT2D eigenvalue weighted by Crippen LogP contribution is 2.01. The maximum absolute atomic E-state index is 11.3. The van der Waals surface area contributed by atoms with Crippen LogP contribution in [0.4, 0.5) is 0 Å². The molecule has 0 aliphatic heterocycles. The predicted octanol–water partition coefficient (Wildman–Crippen LogP) is 2.31. The third-order valence-electron chi connectivity index (χ3n) is 1.76. The van der Waals surface area contributed by atoms with Crippen molar-refractivity contribution in [3.8, 4) is 0 Å². The maximum atomic E-state index is 11.3. The molecule has 0 aliphatic carbocycles. The summed E-state index contributed by atoms with van der Waals surface area (Å²) in [7, 11) is 0. The molecule has 0 saturated heterocycles. The van der Waals surface area contributed by atoms with Crippen molar-refractivity contribution in [1.29, 1.82) is 0 Å². The van der Waals surface area contributed by atoms with Crippen LogP contribution in [0.25, 0.3) is 0 Å². The van der Waals surface area contributed by atoms with Crippen LogP contribution in [0.3, 0.4) is 0 Å². The van der Waals surface area contributed by atoms with E-state index >= 15 is 0 Å². The molecule has 0 heterocycles. The van der Waals surface area contributed by atoms with Gasteiger partial charge in [0.15, 0.2) is 0 Å². The fraction of sp³-hybridized carbons (Fsp3) is 0.727. The quantitative estimate of drug-likeness (QED) is 0.375. The largest absolute Gasteiger partial charge is 0.457 e. The number of rotatable bonds is 6. The standard InChI is InChI=1S/C11H20O3/c1-5-7-13-8-10(4)14-11(12)9(3)6-2/h6,10H,5,7-8H2,1-4H3/b9-6+. The minimum Gasteiger partial charge on any atom is -0.457 e. The Hall–Kier alpha value is -0.830. The molecular weight excluding hydrogens is 180 g/mol. The van der Waals surface area contributed by atoms with Crippen LogP contribution >= 0.6 is 0 Å². The molecule has 0 spiro atoms. The van der Waals surface area contributed by atoms with Crippen molar-refractivity contribution in [1.82, 2.24) is 0 Å². The monoisotopic (exact) mass is 200 g/mol. The Morgan fingerprint density at radius 2 is 2.14 bits per heavy atom. The van der Waals surface area contributed by atoms with Gasteiger partial charge in [-0.15, -0.1) is 0 Å². The molecule has 1 atom stereocenters. The van der Waals surface area contributed by atoms with Gasteiger partial charge in [-0.05, 0) is 27.2 Å². The minimum absolute atomic E-state index is 0.177. The van der Waals surface area contributed by atoms with Crippen molar-refractivity contribution >= 4 is 5.97 Å². The Morgan fingerprint density at radius 3 is 2.64 bits per heavy atom. The fourth-order valence-corrected chi connectivity index (χ4v) is 0.821. The Kier molecular flexibility index (Phi) is 7.11. The van der Waals surface area contributed by atoms with Gasteiger partial charge in [-0.3, -0.25) is 0 Å². The van der Waals surface area contributed by atoms with Crippen molar-refractivity contribution in [3.05, 3.63) is 11.6 Å². The summed E-state index contributed by atoms with van der Waals surface area (Å²) in [5, 5.41) is 0. The zero-order valence-electron chi connectivity index (χ0n) is 9.50. The van der Waals surface area contributed by atoms with Crippen LogP contribution < -0.4 is 0 Å². The first-order valence-corrected chi connectivity index (χ1v) is 5.03. The molecule has 0 radical (unpaired) electrons. The van der Waals surface area contributed by atoms with E-state index in [4.69, 9.17) is 9.47 Å². The lowest BCUT2D eigenvalue weighted by Crippen LogP contribution is -2.21. The molecule has 3 heteroatoms. The first-order chi connectivity index (χ1) is 6.61. The van der Waals surface area contributed by atoms with E-state index in [1.54, 1.807) is 13.0 Å². The molecule has 0 saturated carbocycles. The molecule has 0 aliphatic rings. The third kappa shape index (κ3) is 5.75. The van der Waals surface area contributed by atoms with E-state index < -0.39 is 0 Å². The predicted molar refractivity (Wildman–Crippen MR) is 56.1 cm³/mol. The van der Waals surface area contributed by atoms with Crippen LogP contribution in [0.2, 0.25) is 0 Å². The van der Waals surface area contributed by atoms with Gasteiger partial charge in [-0.1, -0.05) is 13.0 Å². The summed E-state index contributed by atoms with van der Waals surface area (Å²) in [4.78, 5) is 11.3. The number of hydrogen-bond donors (Lipinski definition) is 0. The Balaban J connectivity index is 3.71. The lowest BCUT2D eigenvalue weighted by atomic mass is 10.3. The van der Waals surface area contributed by atoms with Crippen LogP contribution in [0.15, 0.2) is 11.6 Å². The van der Waals surface area contributed by atoms with Crippen molar-refractivity contribution < 1.29 is 14.3 Å². The third-order valence-corrected chi connectivity index (χ3v) is 1.76. The van der Waals surface area contributed by atoms with E-state index in [0.29, 0.717) is 18.8 Å². The molecule has 14 heavy (non-hydrogen) atoms. The number of allylic oxidation sites excluding steroid dienone is 1. The minimum atomic E-state index is -0.264. The van der Waals surface area contributed by atoms with Crippen LogP contribution in [-0.4, -0.2) is 25.3 Å². The number of ether oxygens (including phenoxy) is 2. The highest BCUT2D eigenvalue weighted by atomic mass is 16.6. The van der Waals surface area contributed by atoms with Gasteiger partial charge in [-0.2, -0.15) is 0 Å². The van der Waals surface area contributed by atoms with Crippen LogP contribution in [0, 0.1) is 0 Å². The van der Waals surface area contributed by atoms with E-state index in [0.717, 1.165) is 6.42 Å². The van der Waals surface area contributed by atoms with Crippen molar-refractivity contribution in [2.45, 2.75) is 40.2 Å². The molecular formula is C11H20O3. The average Bonchev–Trinajstić information content (AvgIpc) is 2.16. The van der Waals surface area contributed by atoms with Crippen LogP contribution in [0.1, 0.15) is 34.1 Å². The van der Waals surface area contributed by atoms with Gasteiger partial charge in [0, 0.05) is 12.2 Å². The van der Waals surface area contributed by atoms with Crippen molar-refractivity contribution in [3.63, 3.8) is 0 Å². The van der Waals surface area contributed by atoms with E-state index in [1.807, 2.05) is 20.8 Å². The molecule has 3 nitrogen and oxygen atoms in total. The van der Waals surface area contributed by atoms with E-state index in [9.17, 15) is 4.79 Å². The summed E-state index contributed by atoms with van der Waals surface area (Å²) in [5.74, 6) is -0.264. The van der Waals surface area contributed by atoms with Gasteiger partial charge >= 0.3 is 5.97 Å². The Bertz CT molecular complexity index is 197. The van der Waals surface area contributed by atoms with E-state index in [-0.39, 0.29) is 12.1 Å². The summed E-state index contributed by atoms with van der Waals surface area (Å²) in [6.07, 6.45) is 2.54. The first-order valence-electron chi connectivity index (χ1n) is 5.03. The SMILES string of the molecule is C/C=C(\C)C(=O)OC(C)COCCC. The second-order valence-electron chi connectivity index (χ2n) is 3.26. The maximum Gasteiger partial charge on any atom is 0.333 e. The molecule has 0 fully saturated rings. The van der Waals surface area contributed by atoms with E-state index in [2.05, 4.69) is 0 Å². The average molecular weight is 200 g/mol. The molecule has 0 aromatic heterocycles. The number of hydrogen-bond acceptors (Lipinski definition) is 3. The number of esters is 1. The molecule has 0 bridgehead atoms. The highest BCUT2D eigenvalue weighted by molar-refractivity contribution is 5.87. The summed E-state index contributed by atoms with van der Waals surface area (Å²) in [6.45, 7) is 8.61. The highest BCUT2D eigenvalue weighted by Gasteiger charge is 2.10. The zero-order chi connectivity index (χ0) is 11.0. The smallest absolute Gasteiger partial charge is 0.333 e. The van der Waals surface area contributed by atoms with Crippen molar-refractivity contribution in [2.24, 2.45) is 0 Å². The second-order valence-corrected chi connectivity index (χ2v) is 3.26. The van der Waals surface area contributed by atoms with Gasteiger partial charge < -0.3 is 9.47 Å². The first kappa shape index (κ1) is 13.2. The number of carbonyl (C=O) groups excluding carboxylic acids is 1. The molecule has 0 N–H and O–H groups in total. The topological polar surface area (TPSA) is 35.5 Å². The molecule has 0 amide bonds. The zero-order valence-corrected chi connectivity index (χ0v) is 9.50. The van der Waals surface area contributed by atoms with Crippen LogP contribution in [-0.2, 0) is 14.3 Å². The van der Waals surface area contributed by atoms with Crippen LogP contribution in [0.5, 0.6) is 0 Å². The Labute approximate surface area is 86.1 Å². The lowest BCUT2D eigenvalue weighted by molar-refractivity contribution is -0.146. The van der Waals surface area contributed by atoms with Gasteiger partial charge in [-0.25, -0.2) is 4.79 Å². The molecule has 0 rings (SSSR count). The fourth-order valence-electron chi connectivity index (χ4n) is 0.821. The van der Waals surface area contributed by atoms with Gasteiger partial charge in [0.05, 0.1) is 6.61 Å². The van der Waals surface area contributed by atoms with Crippen molar-refractivity contribution in [2.75, 3.05) is 13.2 Å². The van der Waals surface area contributed by atoms with Gasteiger partial charge in [0.25, 0.3) is 0 Å². The van der Waals surface area contributed by atoms with Gasteiger partial charge in [0.2, 0.25) is 0 Å².